The molecule has 8 heteroatoms. The smallest absolute Gasteiger partial charge is 0.258 e. The number of methoxy groups -OCH3 is 1. The Morgan fingerprint density at radius 3 is 2.70 bits per heavy atom. The van der Waals surface area contributed by atoms with Crippen LogP contribution in [0, 0.1) is 11.2 Å². The number of benzene rings is 1. The van der Waals surface area contributed by atoms with Crippen LogP contribution in [0.2, 0.25) is 5.02 Å². The van der Waals surface area contributed by atoms with E-state index >= 15 is 0 Å². The van der Waals surface area contributed by atoms with Crippen molar-refractivity contribution < 1.29 is 23.5 Å². The molecule has 3 fully saturated rings. The maximum Gasteiger partial charge on any atom is 0.258 e. The van der Waals surface area contributed by atoms with Crippen LogP contribution in [0.5, 0.6) is 5.75 Å². The number of ether oxygens (including phenoxy) is 2. The fraction of sp³-hybridized carbons (Fsp3) is 0.409. The zero-order valence-corrected chi connectivity index (χ0v) is 17.3. The number of amides is 1. The summed E-state index contributed by atoms with van der Waals surface area (Å²) in [5.41, 5.74) is 1.17. The summed E-state index contributed by atoms with van der Waals surface area (Å²) in [6, 6.07) is 5.86. The first-order valence-corrected chi connectivity index (χ1v) is 10.0. The van der Waals surface area contributed by atoms with Crippen molar-refractivity contribution in [2.24, 2.45) is 5.41 Å². The second-order valence-electron chi connectivity index (χ2n) is 8.34. The predicted octanol–water partition coefficient (Wildman–Crippen LogP) is 3.71. The van der Waals surface area contributed by atoms with E-state index < -0.39 is 5.82 Å². The minimum atomic E-state index is -0.594. The van der Waals surface area contributed by atoms with Gasteiger partial charge in [-0.1, -0.05) is 11.6 Å². The van der Waals surface area contributed by atoms with Crippen molar-refractivity contribution in [3.05, 3.63) is 58.6 Å². The van der Waals surface area contributed by atoms with Crippen LogP contribution in [0.1, 0.15) is 41.6 Å². The van der Waals surface area contributed by atoms with Gasteiger partial charge in [0.1, 0.15) is 11.6 Å². The quantitative estimate of drug-likeness (QED) is 0.611. The fourth-order valence-electron chi connectivity index (χ4n) is 4.69. The third-order valence-corrected chi connectivity index (χ3v) is 6.08. The molecule has 6 nitrogen and oxygen atoms in total. The normalized spacial score (nSPS) is 23.8. The first kappa shape index (κ1) is 20.8. The summed E-state index contributed by atoms with van der Waals surface area (Å²) < 4.78 is 23.8. The highest BCUT2D eigenvalue weighted by molar-refractivity contribution is 6.30. The molecule has 3 aliphatic rings. The molecule has 1 N–H and O–H groups in total. The number of halogens is 2. The van der Waals surface area contributed by atoms with Crippen molar-refractivity contribution in [2.45, 2.75) is 37.8 Å². The van der Waals surface area contributed by atoms with E-state index in [1.54, 1.807) is 19.5 Å². The molecule has 158 valence electrons. The lowest BCUT2D eigenvalue weighted by Gasteiger charge is -2.70. The zero-order chi connectivity index (χ0) is 21.4. The van der Waals surface area contributed by atoms with Gasteiger partial charge in [-0.2, -0.15) is 0 Å². The van der Waals surface area contributed by atoms with Crippen molar-refractivity contribution in [3.8, 4) is 5.75 Å². The van der Waals surface area contributed by atoms with Gasteiger partial charge in [-0.3, -0.25) is 14.6 Å². The van der Waals surface area contributed by atoms with Gasteiger partial charge in [0.2, 0.25) is 0 Å². The highest BCUT2D eigenvalue weighted by atomic mass is 35.5. The minimum Gasteiger partial charge on any atom is -0.484 e. The van der Waals surface area contributed by atoms with Gasteiger partial charge in [0.05, 0.1) is 11.6 Å². The molecule has 0 radical (unpaired) electrons. The number of nitrogens with one attached hydrogen (secondary N) is 1. The molecule has 1 heterocycles. The van der Waals surface area contributed by atoms with Crippen LogP contribution in [0.15, 0.2) is 36.7 Å². The fourth-order valence-corrected chi connectivity index (χ4v) is 4.81. The van der Waals surface area contributed by atoms with Crippen molar-refractivity contribution >= 4 is 23.3 Å². The van der Waals surface area contributed by atoms with Gasteiger partial charge in [-0.25, -0.2) is 4.39 Å². The molecule has 0 spiro atoms. The second kappa shape index (κ2) is 7.96. The Morgan fingerprint density at radius 1 is 1.23 bits per heavy atom. The molecular formula is C22H22ClFN2O4. The predicted molar refractivity (Wildman–Crippen MR) is 108 cm³/mol. The zero-order valence-electron chi connectivity index (χ0n) is 16.5. The molecular weight excluding hydrogens is 411 g/mol. The standard InChI is InChI=1S/C22H22ClFN2O4/c1-29-9-14-4-15(8-25-7-14)19(27)6-21-11-22(12-21,13-21)26-20(28)10-30-16-2-3-17(23)18(24)5-16/h2-5,7-8H,6,9-13H2,1H3,(H,26,28). The lowest BCUT2D eigenvalue weighted by Crippen LogP contribution is -2.75. The van der Waals surface area contributed by atoms with Gasteiger partial charge >= 0.3 is 0 Å². The topological polar surface area (TPSA) is 77.5 Å². The van der Waals surface area contributed by atoms with Crippen LogP contribution in [-0.4, -0.2) is 35.9 Å². The first-order valence-electron chi connectivity index (χ1n) is 9.67. The lowest BCUT2D eigenvalue weighted by atomic mass is 9.38. The summed E-state index contributed by atoms with van der Waals surface area (Å²) >= 11 is 5.63. The highest BCUT2D eigenvalue weighted by Gasteiger charge is 2.68. The molecule has 0 aliphatic heterocycles. The Kier molecular flexibility index (Phi) is 5.51. The molecule has 1 aromatic heterocycles. The van der Waals surface area contributed by atoms with Crippen LogP contribution in [0.4, 0.5) is 4.39 Å². The van der Waals surface area contributed by atoms with E-state index in [2.05, 4.69) is 10.3 Å². The maximum atomic E-state index is 13.4. The Hall–Kier alpha value is -2.51. The monoisotopic (exact) mass is 432 g/mol. The lowest BCUT2D eigenvalue weighted by molar-refractivity contribution is -0.164. The molecule has 1 aromatic carbocycles. The van der Waals surface area contributed by atoms with Crippen LogP contribution >= 0.6 is 11.6 Å². The summed E-state index contributed by atoms with van der Waals surface area (Å²) in [5.74, 6) is -0.547. The number of ketones is 1. The SMILES string of the molecule is COCc1cncc(C(=O)CC23CC(NC(=O)COc4ccc(Cl)c(F)c4)(C2)C3)c1. The number of hydrogen-bond donors (Lipinski definition) is 1. The Bertz CT molecular complexity index is 977. The molecule has 2 bridgehead atoms. The Morgan fingerprint density at radius 2 is 2.00 bits per heavy atom. The Labute approximate surface area is 178 Å². The van der Waals surface area contributed by atoms with Crippen LogP contribution in [0.3, 0.4) is 0 Å². The first-order chi connectivity index (χ1) is 14.3. The van der Waals surface area contributed by atoms with Gasteiger partial charge in [0.25, 0.3) is 5.91 Å². The number of Topliss-reactive ketones (excluding diaryl/α,β-unsaturated/α-hetero) is 1. The summed E-state index contributed by atoms with van der Waals surface area (Å²) in [6.07, 6.45) is 6.05. The van der Waals surface area contributed by atoms with Crippen LogP contribution in [0.25, 0.3) is 0 Å². The van der Waals surface area contributed by atoms with E-state index in [1.807, 2.05) is 6.07 Å². The molecule has 1 amide bonds. The van der Waals surface area contributed by atoms with E-state index in [-0.39, 0.29) is 40.0 Å². The molecule has 0 unspecified atom stereocenters. The summed E-state index contributed by atoms with van der Waals surface area (Å²) in [6.45, 7) is 0.214. The summed E-state index contributed by atoms with van der Waals surface area (Å²) in [4.78, 5) is 29.0. The molecule has 3 saturated carbocycles. The molecule has 0 atom stereocenters. The van der Waals surface area contributed by atoms with Crippen LogP contribution < -0.4 is 10.1 Å². The maximum absolute atomic E-state index is 13.4. The largest absolute Gasteiger partial charge is 0.484 e. The molecule has 0 saturated heterocycles. The van der Waals surface area contributed by atoms with Gasteiger partial charge in [-0.05, 0) is 48.4 Å². The number of hydrogen-bond acceptors (Lipinski definition) is 5. The van der Waals surface area contributed by atoms with Crippen molar-refractivity contribution in [1.82, 2.24) is 10.3 Å². The van der Waals surface area contributed by atoms with Crippen LogP contribution in [-0.2, 0) is 16.1 Å². The summed E-state index contributed by atoms with van der Waals surface area (Å²) in [7, 11) is 1.60. The van der Waals surface area contributed by atoms with Crippen molar-refractivity contribution in [3.63, 3.8) is 0 Å². The van der Waals surface area contributed by atoms with Gasteiger partial charge in [0, 0.05) is 43.1 Å². The van der Waals surface area contributed by atoms with Crippen molar-refractivity contribution in [2.75, 3.05) is 13.7 Å². The average molecular weight is 433 g/mol. The van der Waals surface area contributed by atoms with E-state index in [1.165, 1.54) is 12.1 Å². The second-order valence-corrected chi connectivity index (χ2v) is 8.75. The summed E-state index contributed by atoms with van der Waals surface area (Å²) in [5, 5.41) is 3.00. The van der Waals surface area contributed by atoms with Gasteiger partial charge in [-0.15, -0.1) is 0 Å². The Balaban J connectivity index is 1.24. The molecule has 3 aliphatic carbocycles. The molecule has 2 aromatic rings. The average Bonchev–Trinajstić information content (AvgIpc) is 2.66. The van der Waals surface area contributed by atoms with E-state index in [0.717, 1.165) is 30.9 Å². The number of rotatable bonds is 9. The van der Waals surface area contributed by atoms with E-state index in [9.17, 15) is 14.0 Å². The third-order valence-electron chi connectivity index (χ3n) is 5.77. The highest BCUT2D eigenvalue weighted by Crippen LogP contribution is 2.69. The van der Waals surface area contributed by atoms with Gasteiger partial charge in [0.15, 0.2) is 12.4 Å². The van der Waals surface area contributed by atoms with E-state index in [0.29, 0.717) is 18.6 Å². The number of carbonyl (C=O) groups excluding carboxylic acids is 2. The van der Waals surface area contributed by atoms with E-state index in [4.69, 9.17) is 21.1 Å². The number of nitrogens with zero attached hydrogens (tertiary/aromatic N) is 1. The molecule has 5 rings (SSSR count). The molecule has 30 heavy (non-hydrogen) atoms. The number of aromatic nitrogens is 1. The van der Waals surface area contributed by atoms with Crippen molar-refractivity contribution in [1.29, 1.82) is 0 Å². The minimum absolute atomic E-state index is 0.00159. The third kappa shape index (κ3) is 4.18. The number of carbonyl (C=O) groups is 2. The van der Waals surface area contributed by atoms with Gasteiger partial charge < -0.3 is 14.8 Å². The number of pyridine rings is 1.